The Morgan fingerprint density at radius 3 is 2.33 bits per heavy atom. The molecule has 1 saturated heterocycles. The summed E-state index contributed by atoms with van der Waals surface area (Å²) in [6.07, 6.45) is 2.25. The molecule has 0 aliphatic carbocycles. The van der Waals surface area contributed by atoms with Gasteiger partial charge in [-0.05, 0) is 39.4 Å². The number of likely N-dealkylation sites (N-methyl/N-ethyl adjacent to an activating group) is 1. The van der Waals surface area contributed by atoms with Crippen molar-refractivity contribution >= 4 is 30.7 Å². The molecule has 2 N–H and O–H groups in total. The van der Waals surface area contributed by atoms with Crippen LogP contribution in [0, 0.1) is 5.92 Å². The van der Waals surface area contributed by atoms with Crippen molar-refractivity contribution in [1.82, 2.24) is 15.5 Å². The molecule has 1 rings (SSSR count). The smallest absolute Gasteiger partial charge is 0.237 e. The summed E-state index contributed by atoms with van der Waals surface area (Å²) in [6, 6.07) is 0.282. The topological polar surface area (TPSA) is 44.4 Å². The second-order valence-corrected chi connectivity index (χ2v) is 5.20. The van der Waals surface area contributed by atoms with E-state index in [9.17, 15) is 4.79 Å². The number of halogens is 2. The second kappa shape index (κ2) is 9.84. The van der Waals surface area contributed by atoms with Crippen molar-refractivity contribution in [3.05, 3.63) is 0 Å². The van der Waals surface area contributed by atoms with E-state index in [2.05, 4.69) is 24.5 Å². The van der Waals surface area contributed by atoms with Crippen molar-refractivity contribution in [2.24, 2.45) is 5.92 Å². The summed E-state index contributed by atoms with van der Waals surface area (Å²) in [7, 11) is 3.92. The Labute approximate surface area is 123 Å². The van der Waals surface area contributed by atoms with Gasteiger partial charge in [0.05, 0.1) is 6.04 Å². The predicted molar refractivity (Wildman–Crippen MR) is 80.8 cm³/mol. The van der Waals surface area contributed by atoms with Crippen LogP contribution in [-0.2, 0) is 4.79 Å². The summed E-state index contributed by atoms with van der Waals surface area (Å²) in [5.41, 5.74) is 0. The third-order valence-electron chi connectivity index (χ3n) is 3.10. The first kappa shape index (κ1) is 20.3. The molecule has 110 valence electrons. The molecule has 18 heavy (non-hydrogen) atoms. The Bertz CT molecular complexity index is 223. The molecule has 0 aromatic carbocycles. The highest BCUT2D eigenvalue weighted by Crippen LogP contribution is 2.09. The Kier molecular flexibility index (Phi) is 11.1. The fourth-order valence-electron chi connectivity index (χ4n) is 2.40. The average molecular weight is 300 g/mol. The summed E-state index contributed by atoms with van der Waals surface area (Å²) in [5.74, 6) is 0.500. The lowest BCUT2D eigenvalue weighted by Gasteiger charge is -2.30. The first-order chi connectivity index (χ1) is 7.52. The van der Waals surface area contributed by atoms with Crippen molar-refractivity contribution in [3.63, 3.8) is 0 Å². The van der Waals surface area contributed by atoms with Crippen LogP contribution >= 0.6 is 24.8 Å². The molecule has 0 aromatic heterocycles. The molecule has 0 unspecified atom stereocenters. The van der Waals surface area contributed by atoms with Crippen molar-refractivity contribution < 1.29 is 4.79 Å². The van der Waals surface area contributed by atoms with Gasteiger partial charge in [-0.2, -0.15) is 0 Å². The number of hydrogen-bond donors (Lipinski definition) is 2. The van der Waals surface area contributed by atoms with Gasteiger partial charge in [-0.3, -0.25) is 9.69 Å². The SMILES string of the molecule is CC(C)[C@H](C(=O)N[C@H]1CCCNC1)N(C)C.Cl.Cl. The number of amides is 1. The van der Waals surface area contributed by atoms with Crippen molar-refractivity contribution in [2.75, 3.05) is 27.2 Å². The van der Waals surface area contributed by atoms with Gasteiger partial charge in [0.15, 0.2) is 0 Å². The Balaban J connectivity index is 0. The van der Waals surface area contributed by atoms with E-state index in [0.29, 0.717) is 12.0 Å². The van der Waals surface area contributed by atoms with E-state index in [1.807, 2.05) is 19.0 Å². The van der Waals surface area contributed by atoms with Crippen LogP contribution in [0.3, 0.4) is 0 Å². The molecular weight excluding hydrogens is 273 g/mol. The Morgan fingerprint density at radius 2 is 1.94 bits per heavy atom. The molecule has 1 amide bonds. The molecule has 0 bridgehead atoms. The van der Waals surface area contributed by atoms with Crippen LogP contribution < -0.4 is 10.6 Å². The number of carbonyl (C=O) groups is 1. The summed E-state index contributed by atoms with van der Waals surface area (Å²) in [4.78, 5) is 14.1. The number of nitrogens with zero attached hydrogens (tertiary/aromatic N) is 1. The van der Waals surface area contributed by atoms with Crippen LogP contribution in [0.4, 0.5) is 0 Å². The quantitative estimate of drug-likeness (QED) is 0.822. The third-order valence-corrected chi connectivity index (χ3v) is 3.10. The van der Waals surface area contributed by atoms with Gasteiger partial charge in [0.2, 0.25) is 5.91 Å². The predicted octanol–water partition coefficient (Wildman–Crippen LogP) is 1.28. The first-order valence-electron chi connectivity index (χ1n) is 6.20. The minimum Gasteiger partial charge on any atom is -0.351 e. The van der Waals surface area contributed by atoms with E-state index < -0.39 is 0 Å². The van der Waals surface area contributed by atoms with E-state index in [4.69, 9.17) is 0 Å². The van der Waals surface area contributed by atoms with E-state index in [0.717, 1.165) is 25.9 Å². The molecule has 6 heteroatoms. The van der Waals surface area contributed by atoms with E-state index in [-0.39, 0.29) is 36.8 Å². The zero-order valence-electron chi connectivity index (χ0n) is 11.7. The monoisotopic (exact) mass is 299 g/mol. The van der Waals surface area contributed by atoms with Crippen LogP contribution in [0.1, 0.15) is 26.7 Å². The third kappa shape index (κ3) is 6.23. The summed E-state index contributed by atoms with van der Waals surface area (Å²) >= 11 is 0. The molecule has 1 fully saturated rings. The Morgan fingerprint density at radius 1 is 1.33 bits per heavy atom. The van der Waals surface area contributed by atoms with Crippen molar-refractivity contribution in [1.29, 1.82) is 0 Å². The van der Waals surface area contributed by atoms with Crippen molar-refractivity contribution in [2.45, 2.75) is 38.8 Å². The molecule has 1 aliphatic heterocycles. The van der Waals surface area contributed by atoms with Gasteiger partial charge >= 0.3 is 0 Å². The zero-order valence-corrected chi connectivity index (χ0v) is 13.4. The number of carbonyl (C=O) groups excluding carboxylic acids is 1. The summed E-state index contributed by atoms with van der Waals surface area (Å²) in [5, 5.41) is 6.45. The number of nitrogens with one attached hydrogen (secondary N) is 2. The lowest BCUT2D eigenvalue weighted by atomic mass is 10.0. The van der Waals surface area contributed by atoms with E-state index >= 15 is 0 Å². The average Bonchev–Trinajstić information content (AvgIpc) is 2.17. The second-order valence-electron chi connectivity index (χ2n) is 5.20. The first-order valence-corrected chi connectivity index (χ1v) is 6.20. The van der Waals surface area contributed by atoms with Crippen LogP contribution in [0.2, 0.25) is 0 Å². The molecule has 2 atom stereocenters. The van der Waals surface area contributed by atoms with Gasteiger partial charge in [0.25, 0.3) is 0 Å². The van der Waals surface area contributed by atoms with Crippen LogP contribution in [0.15, 0.2) is 0 Å². The van der Waals surface area contributed by atoms with Crippen molar-refractivity contribution in [3.8, 4) is 0 Å². The molecule has 0 saturated carbocycles. The number of piperidine rings is 1. The molecule has 0 radical (unpaired) electrons. The largest absolute Gasteiger partial charge is 0.351 e. The molecule has 1 heterocycles. The molecule has 0 aromatic rings. The van der Waals surface area contributed by atoms with Gasteiger partial charge in [0.1, 0.15) is 0 Å². The number of rotatable bonds is 4. The highest BCUT2D eigenvalue weighted by Gasteiger charge is 2.26. The maximum Gasteiger partial charge on any atom is 0.237 e. The number of hydrogen-bond acceptors (Lipinski definition) is 3. The molecular formula is C12H27Cl2N3O. The van der Waals surface area contributed by atoms with E-state index in [1.165, 1.54) is 0 Å². The van der Waals surface area contributed by atoms with Gasteiger partial charge in [-0.15, -0.1) is 24.8 Å². The lowest BCUT2D eigenvalue weighted by molar-refractivity contribution is -0.127. The minimum atomic E-state index is -0.0260. The fraction of sp³-hybridized carbons (Fsp3) is 0.917. The minimum absolute atomic E-state index is 0. The fourth-order valence-corrected chi connectivity index (χ4v) is 2.40. The van der Waals surface area contributed by atoms with Crippen LogP contribution in [0.5, 0.6) is 0 Å². The highest BCUT2D eigenvalue weighted by molar-refractivity contribution is 5.85. The molecule has 0 spiro atoms. The van der Waals surface area contributed by atoms with Gasteiger partial charge < -0.3 is 10.6 Å². The Hall–Kier alpha value is -0.0300. The summed E-state index contributed by atoms with van der Waals surface area (Å²) in [6.45, 7) is 6.16. The standard InChI is InChI=1S/C12H25N3O.2ClH/c1-9(2)11(15(3)4)12(16)14-10-6-5-7-13-8-10;;/h9-11,13H,5-8H2,1-4H3,(H,14,16);2*1H/t10-,11+;;/m0../s1. The zero-order chi connectivity index (χ0) is 12.1. The molecule has 1 aliphatic rings. The normalized spacial score (nSPS) is 20.9. The van der Waals surface area contributed by atoms with Gasteiger partial charge in [-0.25, -0.2) is 0 Å². The lowest BCUT2D eigenvalue weighted by Crippen LogP contribution is -2.53. The van der Waals surface area contributed by atoms with Gasteiger partial charge in [0, 0.05) is 12.6 Å². The molecule has 4 nitrogen and oxygen atoms in total. The highest BCUT2D eigenvalue weighted by atomic mass is 35.5. The van der Waals surface area contributed by atoms with Crippen LogP contribution in [-0.4, -0.2) is 50.1 Å². The van der Waals surface area contributed by atoms with Crippen LogP contribution in [0.25, 0.3) is 0 Å². The summed E-state index contributed by atoms with van der Waals surface area (Å²) < 4.78 is 0. The maximum absolute atomic E-state index is 12.1. The van der Waals surface area contributed by atoms with E-state index in [1.54, 1.807) is 0 Å². The van der Waals surface area contributed by atoms with Gasteiger partial charge in [-0.1, -0.05) is 13.8 Å². The maximum atomic E-state index is 12.1.